The van der Waals surface area contributed by atoms with Crippen LogP contribution in [0.15, 0.2) is 10.3 Å². The molecule has 2 N–H and O–H groups in total. The van der Waals surface area contributed by atoms with Crippen molar-refractivity contribution in [3.8, 4) is 0 Å². The molecular weight excluding hydrogens is 306 g/mol. The predicted octanol–water partition coefficient (Wildman–Crippen LogP) is 1.78. The normalized spacial score (nSPS) is 14.1. The molecule has 0 saturated heterocycles. The smallest absolute Gasteiger partial charge is 0.242 e. The highest BCUT2D eigenvalue weighted by Crippen LogP contribution is 2.26. The molecule has 0 aliphatic heterocycles. The SMILES string of the molecule is Cc1csc(CNC(C)C)c1S(=O)(=O)NCC(C)N(C)C. The maximum absolute atomic E-state index is 12.6. The van der Waals surface area contributed by atoms with Crippen molar-refractivity contribution in [2.75, 3.05) is 20.6 Å². The van der Waals surface area contributed by atoms with E-state index in [-0.39, 0.29) is 6.04 Å². The Balaban J connectivity index is 2.89. The second-order valence-corrected chi connectivity index (χ2v) is 8.54. The van der Waals surface area contributed by atoms with Crippen LogP contribution in [0.1, 0.15) is 31.2 Å². The third-order valence-corrected chi connectivity index (χ3v) is 6.27. The number of thiophene rings is 1. The summed E-state index contributed by atoms with van der Waals surface area (Å²) in [4.78, 5) is 3.29. The van der Waals surface area contributed by atoms with Crippen LogP contribution in [-0.4, -0.2) is 46.0 Å². The van der Waals surface area contributed by atoms with Crippen LogP contribution in [0.2, 0.25) is 0 Å². The summed E-state index contributed by atoms with van der Waals surface area (Å²) in [7, 11) is 0.414. The number of likely N-dealkylation sites (N-methyl/N-ethyl adjacent to an activating group) is 1. The van der Waals surface area contributed by atoms with Gasteiger partial charge in [0.05, 0.1) is 0 Å². The molecule has 0 bridgehead atoms. The van der Waals surface area contributed by atoms with E-state index in [1.807, 2.05) is 52.1 Å². The van der Waals surface area contributed by atoms with Crippen molar-refractivity contribution in [2.24, 2.45) is 0 Å². The van der Waals surface area contributed by atoms with Crippen molar-refractivity contribution in [1.29, 1.82) is 0 Å². The molecule has 0 fully saturated rings. The fourth-order valence-corrected chi connectivity index (χ4v) is 4.63. The van der Waals surface area contributed by atoms with Gasteiger partial charge in [-0.05, 0) is 38.9 Å². The second kappa shape index (κ2) is 7.69. The molecule has 0 aliphatic rings. The summed E-state index contributed by atoms with van der Waals surface area (Å²) in [6.07, 6.45) is 0. The van der Waals surface area contributed by atoms with E-state index in [1.165, 1.54) is 11.3 Å². The average molecular weight is 334 g/mol. The number of sulfonamides is 1. The van der Waals surface area contributed by atoms with Gasteiger partial charge in [-0.3, -0.25) is 0 Å². The Morgan fingerprint density at radius 2 is 1.90 bits per heavy atom. The van der Waals surface area contributed by atoms with Crippen LogP contribution in [0.3, 0.4) is 0 Å². The van der Waals surface area contributed by atoms with Gasteiger partial charge < -0.3 is 10.2 Å². The highest BCUT2D eigenvalue weighted by atomic mass is 32.2. The van der Waals surface area contributed by atoms with Crippen molar-refractivity contribution in [3.63, 3.8) is 0 Å². The fraction of sp³-hybridized carbons (Fsp3) is 0.714. The molecule has 1 aromatic heterocycles. The van der Waals surface area contributed by atoms with E-state index >= 15 is 0 Å². The van der Waals surface area contributed by atoms with E-state index in [0.717, 1.165) is 10.4 Å². The summed E-state index contributed by atoms with van der Waals surface area (Å²) in [6.45, 7) is 8.91. The van der Waals surface area contributed by atoms with Gasteiger partial charge in [-0.15, -0.1) is 11.3 Å². The van der Waals surface area contributed by atoms with Crippen molar-refractivity contribution in [3.05, 3.63) is 15.8 Å². The van der Waals surface area contributed by atoms with Crippen LogP contribution in [0.25, 0.3) is 0 Å². The lowest BCUT2D eigenvalue weighted by molar-refractivity contribution is 0.314. The molecule has 7 heteroatoms. The molecule has 0 aliphatic carbocycles. The van der Waals surface area contributed by atoms with Crippen LogP contribution in [-0.2, 0) is 16.6 Å². The van der Waals surface area contributed by atoms with Crippen molar-refractivity contribution >= 4 is 21.4 Å². The highest BCUT2D eigenvalue weighted by molar-refractivity contribution is 7.89. The standard InChI is InChI=1S/C14H27N3O2S2/c1-10(2)15-8-13-14(11(3)9-20-13)21(18,19)16-7-12(4)17(5)6/h9-10,12,15-16H,7-8H2,1-6H3. The Bertz CT molecular complexity index is 551. The minimum absolute atomic E-state index is 0.149. The van der Waals surface area contributed by atoms with E-state index in [0.29, 0.717) is 24.0 Å². The minimum Gasteiger partial charge on any atom is -0.310 e. The molecule has 0 aromatic carbocycles. The first-order chi connectivity index (χ1) is 9.65. The van der Waals surface area contributed by atoms with E-state index in [9.17, 15) is 8.42 Å². The third kappa shape index (κ3) is 5.34. The number of nitrogens with one attached hydrogen (secondary N) is 2. The molecule has 0 saturated carbocycles. The maximum Gasteiger partial charge on any atom is 0.242 e. The zero-order valence-corrected chi connectivity index (χ0v) is 15.4. The van der Waals surface area contributed by atoms with Crippen LogP contribution < -0.4 is 10.0 Å². The summed E-state index contributed by atoms with van der Waals surface area (Å²) in [6, 6.07) is 0.473. The first-order valence-corrected chi connectivity index (χ1v) is 9.48. The molecule has 5 nitrogen and oxygen atoms in total. The van der Waals surface area contributed by atoms with Gasteiger partial charge in [0.2, 0.25) is 10.0 Å². The highest BCUT2D eigenvalue weighted by Gasteiger charge is 2.23. The van der Waals surface area contributed by atoms with Gasteiger partial charge in [0, 0.05) is 30.1 Å². The zero-order chi connectivity index (χ0) is 16.2. The molecule has 0 amide bonds. The van der Waals surface area contributed by atoms with Crippen LogP contribution in [0, 0.1) is 6.92 Å². The number of hydrogen-bond acceptors (Lipinski definition) is 5. The topological polar surface area (TPSA) is 61.4 Å². The lowest BCUT2D eigenvalue weighted by Gasteiger charge is -2.20. The van der Waals surface area contributed by atoms with Gasteiger partial charge in [-0.1, -0.05) is 13.8 Å². The van der Waals surface area contributed by atoms with Crippen LogP contribution >= 0.6 is 11.3 Å². The zero-order valence-electron chi connectivity index (χ0n) is 13.7. The number of nitrogens with zero attached hydrogens (tertiary/aromatic N) is 1. The minimum atomic E-state index is -3.46. The summed E-state index contributed by atoms with van der Waals surface area (Å²) in [5.74, 6) is 0. The molecule has 122 valence electrons. The summed E-state index contributed by atoms with van der Waals surface area (Å²) >= 11 is 1.49. The Labute approximate surface area is 132 Å². The lowest BCUT2D eigenvalue weighted by Crippen LogP contribution is -2.38. The number of hydrogen-bond donors (Lipinski definition) is 2. The van der Waals surface area contributed by atoms with Crippen molar-refractivity contribution < 1.29 is 8.42 Å². The molecular formula is C14H27N3O2S2. The average Bonchev–Trinajstić information content (AvgIpc) is 2.75. The van der Waals surface area contributed by atoms with Crippen molar-refractivity contribution in [2.45, 2.75) is 51.2 Å². The van der Waals surface area contributed by atoms with Gasteiger partial charge in [0.25, 0.3) is 0 Å². The summed E-state index contributed by atoms with van der Waals surface area (Å²) in [5.41, 5.74) is 0.811. The Morgan fingerprint density at radius 1 is 1.29 bits per heavy atom. The molecule has 0 spiro atoms. The maximum atomic E-state index is 12.6. The monoisotopic (exact) mass is 333 g/mol. The lowest BCUT2D eigenvalue weighted by atomic mass is 10.3. The largest absolute Gasteiger partial charge is 0.310 e. The van der Waals surface area contributed by atoms with Gasteiger partial charge in [-0.2, -0.15) is 0 Å². The van der Waals surface area contributed by atoms with E-state index in [4.69, 9.17) is 0 Å². The Hall–Kier alpha value is -0.470. The number of aryl methyl sites for hydroxylation is 1. The quantitative estimate of drug-likeness (QED) is 0.761. The van der Waals surface area contributed by atoms with Gasteiger partial charge in [0.1, 0.15) is 4.90 Å². The molecule has 1 aromatic rings. The van der Waals surface area contributed by atoms with Crippen LogP contribution in [0.4, 0.5) is 0 Å². The molecule has 21 heavy (non-hydrogen) atoms. The summed E-state index contributed by atoms with van der Waals surface area (Å²) in [5, 5.41) is 5.18. The first kappa shape index (κ1) is 18.6. The van der Waals surface area contributed by atoms with E-state index in [2.05, 4.69) is 10.0 Å². The fourth-order valence-electron chi connectivity index (χ4n) is 1.75. The first-order valence-electron chi connectivity index (χ1n) is 7.11. The molecule has 1 rings (SSSR count). The molecule has 1 heterocycles. The van der Waals surface area contributed by atoms with E-state index < -0.39 is 10.0 Å². The Kier molecular flexibility index (Phi) is 6.80. The third-order valence-electron chi connectivity index (χ3n) is 3.38. The predicted molar refractivity (Wildman–Crippen MR) is 89.4 cm³/mol. The van der Waals surface area contributed by atoms with E-state index in [1.54, 1.807) is 0 Å². The molecule has 0 radical (unpaired) electrons. The molecule has 1 unspecified atom stereocenters. The second-order valence-electron chi connectivity index (χ2n) is 5.87. The Morgan fingerprint density at radius 3 is 2.43 bits per heavy atom. The van der Waals surface area contributed by atoms with Crippen molar-refractivity contribution in [1.82, 2.24) is 14.9 Å². The number of rotatable bonds is 8. The van der Waals surface area contributed by atoms with Gasteiger partial charge >= 0.3 is 0 Å². The van der Waals surface area contributed by atoms with Gasteiger partial charge in [-0.25, -0.2) is 13.1 Å². The van der Waals surface area contributed by atoms with Gasteiger partial charge in [0.15, 0.2) is 0 Å². The molecule has 1 atom stereocenters. The summed E-state index contributed by atoms with van der Waals surface area (Å²) < 4.78 is 27.8. The van der Waals surface area contributed by atoms with Crippen LogP contribution in [0.5, 0.6) is 0 Å².